The quantitative estimate of drug-likeness (QED) is 0.340. The number of hydrogen-bond acceptors (Lipinski definition) is 10. The van der Waals surface area contributed by atoms with Crippen LogP contribution in [0.5, 0.6) is 5.75 Å². The fraction of sp³-hybridized carbons (Fsp3) is 0.444. The lowest BCUT2D eigenvalue weighted by atomic mass is 10.2. The standard InChI is InChI=1S/C27H33FN8O3S/c1-33(27-30-25-18-22(24-3-2-14-38-24)32-36(25)26(29)31-27)8-9-34-10-12-35(13-11-34)23-5-4-20(17-21(23)28)39-19-6-15-40(37)16-7-19/h2-5,14,17-19H,6-13,15-16H2,1H3,(H2,29,30,31). The summed E-state index contributed by atoms with van der Waals surface area (Å²) < 4.78 is 39.4. The van der Waals surface area contributed by atoms with Crippen molar-refractivity contribution in [2.24, 2.45) is 0 Å². The highest BCUT2D eigenvalue weighted by atomic mass is 32.2. The number of furan rings is 1. The van der Waals surface area contributed by atoms with Crippen molar-refractivity contribution in [1.82, 2.24) is 24.5 Å². The molecule has 3 aromatic heterocycles. The van der Waals surface area contributed by atoms with E-state index in [0.29, 0.717) is 52.5 Å². The molecule has 0 saturated carbocycles. The molecule has 2 N–H and O–H groups in total. The SMILES string of the molecule is CN(CCN1CCN(c2ccc(OC3CCS(=O)CC3)cc2F)CC1)c1nc(N)n2nc(-c3ccco3)cc2n1. The van der Waals surface area contributed by atoms with E-state index in [-0.39, 0.29) is 17.9 Å². The lowest BCUT2D eigenvalue weighted by Crippen LogP contribution is -2.48. The zero-order valence-corrected chi connectivity index (χ0v) is 23.2. The van der Waals surface area contributed by atoms with Crippen molar-refractivity contribution in [3.63, 3.8) is 0 Å². The Hall–Kier alpha value is -3.71. The van der Waals surface area contributed by atoms with E-state index < -0.39 is 10.8 Å². The van der Waals surface area contributed by atoms with Gasteiger partial charge in [0.25, 0.3) is 0 Å². The number of aromatic nitrogens is 4. The van der Waals surface area contributed by atoms with Gasteiger partial charge in [-0.15, -0.1) is 0 Å². The van der Waals surface area contributed by atoms with Gasteiger partial charge in [0.2, 0.25) is 11.9 Å². The summed E-state index contributed by atoms with van der Waals surface area (Å²) in [4.78, 5) is 15.5. The molecule has 0 unspecified atom stereocenters. The van der Waals surface area contributed by atoms with E-state index in [9.17, 15) is 8.60 Å². The van der Waals surface area contributed by atoms with Crippen LogP contribution in [0.15, 0.2) is 47.1 Å². The van der Waals surface area contributed by atoms with Crippen molar-refractivity contribution in [3.05, 3.63) is 48.5 Å². The third-order valence-electron chi connectivity index (χ3n) is 7.47. The summed E-state index contributed by atoms with van der Waals surface area (Å²) >= 11 is 0. The molecule has 0 aliphatic carbocycles. The summed E-state index contributed by atoms with van der Waals surface area (Å²) in [5.41, 5.74) is 8.01. The monoisotopic (exact) mass is 568 g/mol. The van der Waals surface area contributed by atoms with Crippen LogP contribution in [0.1, 0.15) is 12.8 Å². The first-order valence-corrected chi connectivity index (χ1v) is 15.0. The molecule has 0 amide bonds. The number of benzene rings is 1. The molecular weight excluding hydrogens is 535 g/mol. The molecule has 5 heterocycles. The van der Waals surface area contributed by atoms with Gasteiger partial charge in [-0.25, -0.2) is 4.39 Å². The number of nitrogens with two attached hydrogens (primary N) is 1. The maximum absolute atomic E-state index is 15.0. The third kappa shape index (κ3) is 5.75. The molecule has 13 heteroatoms. The topological polar surface area (TPSA) is 118 Å². The highest BCUT2D eigenvalue weighted by Gasteiger charge is 2.23. The van der Waals surface area contributed by atoms with Crippen LogP contribution in [-0.2, 0) is 10.8 Å². The third-order valence-corrected chi connectivity index (χ3v) is 8.86. The minimum atomic E-state index is -0.743. The average Bonchev–Trinajstić information content (AvgIpc) is 3.64. The number of hydrogen-bond donors (Lipinski definition) is 1. The van der Waals surface area contributed by atoms with E-state index in [1.807, 2.05) is 30.1 Å². The Kier molecular flexibility index (Phi) is 7.57. The maximum Gasteiger partial charge on any atom is 0.230 e. The number of halogens is 1. The number of likely N-dealkylation sites (N-methyl/N-ethyl adjacent to an activating group) is 1. The van der Waals surface area contributed by atoms with Crippen LogP contribution in [0.25, 0.3) is 17.1 Å². The van der Waals surface area contributed by atoms with Crippen molar-refractivity contribution in [2.75, 3.05) is 73.4 Å². The summed E-state index contributed by atoms with van der Waals surface area (Å²) in [5.74, 6) is 2.99. The summed E-state index contributed by atoms with van der Waals surface area (Å²) in [7, 11) is 1.20. The number of fused-ring (bicyclic) bond motifs is 1. The van der Waals surface area contributed by atoms with Gasteiger partial charge in [0.1, 0.15) is 23.4 Å². The predicted molar refractivity (Wildman–Crippen MR) is 153 cm³/mol. The molecule has 0 spiro atoms. The van der Waals surface area contributed by atoms with Gasteiger partial charge in [0.05, 0.1) is 12.0 Å². The van der Waals surface area contributed by atoms with Crippen LogP contribution in [0.3, 0.4) is 0 Å². The first-order valence-electron chi connectivity index (χ1n) is 13.5. The van der Waals surface area contributed by atoms with Gasteiger partial charge in [-0.3, -0.25) is 9.11 Å². The van der Waals surface area contributed by atoms with Gasteiger partial charge in [0.15, 0.2) is 11.4 Å². The van der Waals surface area contributed by atoms with Crippen LogP contribution in [0, 0.1) is 5.82 Å². The molecule has 2 aliphatic rings. The largest absolute Gasteiger partial charge is 0.490 e. The van der Waals surface area contributed by atoms with E-state index in [1.165, 1.54) is 10.6 Å². The second kappa shape index (κ2) is 11.4. The molecule has 4 aromatic rings. The summed E-state index contributed by atoms with van der Waals surface area (Å²) in [5, 5.41) is 4.44. The van der Waals surface area contributed by atoms with Gasteiger partial charge >= 0.3 is 0 Å². The first-order chi connectivity index (χ1) is 19.4. The van der Waals surface area contributed by atoms with Gasteiger partial charge < -0.3 is 24.7 Å². The molecule has 0 radical (unpaired) electrons. The van der Waals surface area contributed by atoms with Gasteiger partial charge in [-0.05, 0) is 37.1 Å². The number of nitrogens with zero attached hydrogens (tertiary/aromatic N) is 7. The molecule has 6 rings (SSSR count). The lowest BCUT2D eigenvalue weighted by molar-refractivity contribution is 0.190. The van der Waals surface area contributed by atoms with Gasteiger partial charge in [0, 0.05) is 80.8 Å². The lowest BCUT2D eigenvalue weighted by Gasteiger charge is -2.37. The van der Waals surface area contributed by atoms with Crippen LogP contribution < -0.4 is 20.3 Å². The molecular formula is C27H33FN8O3S. The van der Waals surface area contributed by atoms with Crippen LogP contribution >= 0.6 is 0 Å². The highest BCUT2D eigenvalue weighted by Crippen LogP contribution is 2.27. The molecule has 212 valence electrons. The number of piperazine rings is 1. The molecule has 40 heavy (non-hydrogen) atoms. The molecule has 2 saturated heterocycles. The van der Waals surface area contributed by atoms with E-state index in [0.717, 1.165) is 45.6 Å². The Morgan fingerprint density at radius 2 is 1.95 bits per heavy atom. The summed E-state index contributed by atoms with van der Waals surface area (Å²) in [6.45, 7) is 4.64. The van der Waals surface area contributed by atoms with Gasteiger partial charge in [-0.2, -0.15) is 19.6 Å². The summed E-state index contributed by atoms with van der Waals surface area (Å²) in [6, 6.07) is 10.6. The second-order valence-electron chi connectivity index (χ2n) is 10.2. The minimum absolute atomic E-state index is 0.00712. The molecule has 2 fully saturated rings. The molecule has 2 aliphatic heterocycles. The van der Waals surface area contributed by atoms with Gasteiger partial charge in [-0.1, -0.05) is 0 Å². The zero-order chi connectivity index (χ0) is 27.6. The normalized spacial score (nSPS) is 20.2. The van der Waals surface area contributed by atoms with E-state index in [2.05, 4.69) is 24.9 Å². The Balaban J connectivity index is 1.01. The number of anilines is 3. The molecule has 1 aromatic carbocycles. The smallest absolute Gasteiger partial charge is 0.230 e. The molecule has 11 nitrogen and oxygen atoms in total. The second-order valence-corrected chi connectivity index (χ2v) is 11.9. The van der Waals surface area contributed by atoms with Crippen molar-refractivity contribution >= 4 is 34.0 Å². The van der Waals surface area contributed by atoms with Crippen molar-refractivity contribution in [3.8, 4) is 17.2 Å². The predicted octanol–water partition coefficient (Wildman–Crippen LogP) is 2.65. The van der Waals surface area contributed by atoms with E-state index in [1.54, 1.807) is 18.4 Å². The van der Waals surface area contributed by atoms with Crippen molar-refractivity contribution < 1.29 is 17.8 Å². The van der Waals surface area contributed by atoms with Crippen LogP contribution in [0.4, 0.5) is 22.0 Å². The fourth-order valence-electron chi connectivity index (χ4n) is 5.12. The fourth-order valence-corrected chi connectivity index (χ4v) is 6.37. The highest BCUT2D eigenvalue weighted by molar-refractivity contribution is 7.85. The number of nitrogen functional groups attached to an aromatic ring is 1. The first kappa shape index (κ1) is 26.5. The Morgan fingerprint density at radius 3 is 2.67 bits per heavy atom. The van der Waals surface area contributed by atoms with Crippen LogP contribution in [0.2, 0.25) is 0 Å². The van der Waals surface area contributed by atoms with Crippen molar-refractivity contribution in [1.29, 1.82) is 0 Å². The van der Waals surface area contributed by atoms with E-state index >= 15 is 0 Å². The minimum Gasteiger partial charge on any atom is -0.490 e. The van der Waals surface area contributed by atoms with Crippen LogP contribution in [-0.4, -0.2) is 92.6 Å². The van der Waals surface area contributed by atoms with E-state index in [4.69, 9.17) is 14.9 Å². The number of ether oxygens (including phenoxy) is 1. The molecule has 0 bridgehead atoms. The Bertz CT molecular complexity index is 1480. The molecule has 0 atom stereocenters. The zero-order valence-electron chi connectivity index (χ0n) is 22.4. The Labute approximate surface area is 234 Å². The average molecular weight is 569 g/mol. The Morgan fingerprint density at radius 1 is 1.15 bits per heavy atom. The maximum atomic E-state index is 15.0. The summed E-state index contributed by atoms with van der Waals surface area (Å²) in [6.07, 6.45) is 3.10. The number of rotatable bonds is 8. The van der Waals surface area contributed by atoms with Crippen molar-refractivity contribution in [2.45, 2.75) is 18.9 Å².